The van der Waals surface area contributed by atoms with E-state index in [1.807, 2.05) is 58.3 Å². The maximum atomic E-state index is 5.99. The Labute approximate surface area is 200 Å². The van der Waals surface area contributed by atoms with Gasteiger partial charge in [-0.1, -0.05) is 11.1 Å². The van der Waals surface area contributed by atoms with Gasteiger partial charge < -0.3 is 28.9 Å². The maximum absolute atomic E-state index is 5.99. The molecule has 178 valence electrons. The zero-order valence-corrected chi connectivity index (χ0v) is 20.4. The van der Waals surface area contributed by atoms with E-state index in [9.17, 15) is 0 Å². The Bertz CT molecular complexity index is 1250. The van der Waals surface area contributed by atoms with Gasteiger partial charge in [0.2, 0.25) is 0 Å². The van der Waals surface area contributed by atoms with Crippen molar-refractivity contribution < 1.29 is 19.0 Å². The van der Waals surface area contributed by atoms with E-state index >= 15 is 0 Å². The summed E-state index contributed by atoms with van der Waals surface area (Å²) in [4.78, 5) is 11.3. The minimum atomic E-state index is -0.454. The van der Waals surface area contributed by atoms with Gasteiger partial charge in [0.05, 0.1) is 18.9 Å². The van der Waals surface area contributed by atoms with Gasteiger partial charge in [-0.3, -0.25) is 0 Å². The first kappa shape index (κ1) is 23.5. The number of nitrogens with one attached hydrogen (secondary N) is 1. The molecule has 1 unspecified atom stereocenters. The van der Waals surface area contributed by atoms with Crippen molar-refractivity contribution in [3.05, 3.63) is 41.5 Å². The van der Waals surface area contributed by atoms with Crippen LogP contribution >= 0.6 is 0 Å². The Morgan fingerprint density at radius 2 is 1.74 bits per heavy atom. The number of fused-ring (bicyclic) bond motifs is 5. The molecule has 0 spiro atoms. The molecule has 0 saturated carbocycles. The summed E-state index contributed by atoms with van der Waals surface area (Å²) in [5.41, 5.74) is 5.47. The molecular formula is C27H31N3O4. The van der Waals surface area contributed by atoms with Gasteiger partial charge in [-0.2, -0.15) is 0 Å². The second-order valence-electron chi connectivity index (χ2n) is 8.30. The molecule has 0 bridgehead atoms. The van der Waals surface area contributed by atoms with E-state index in [1.54, 1.807) is 6.92 Å². The number of benzene rings is 2. The van der Waals surface area contributed by atoms with Crippen LogP contribution in [-0.4, -0.2) is 62.2 Å². The van der Waals surface area contributed by atoms with E-state index in [2.05, 4.69) is 21.0 Å². The normalized spacial score (nSPS) is 14.1. The Morgan fingerprint density at radius 1 is 1.03 bits per heavy atom. The Hall–Kier alpha value is -3.63. The highest BCUT2D eigenvalue weighted by Gasteiger charge is 2.32. The first-order valence-electron chi connectivity index (χ1n) is 11.5. The standard InChI is InChI=1S/C27H31N3O4/c1-7-17(4)34-29-27-20-16-24(32-9-3)23(31-8-2)15-19(20)26-25(27)21-14-18(10-11-22(21)28-26)33-13-12-30(5)6/h1,10-11,14-17,28H,8-9,12-13H2,2-6H3. The van der Waals surface area contributed by atoms with Crippen LogP contribution in [0.15, 0.2) is 35.5 Å². The van der Waals surface area contributed by atoms with Crippen LogP contribution in [0, 0.1) is 12.3 Å². The van der Waals surface area contributed by atoms with E-state index in [4.69, 9.17) is 25.5 Å². The molecule has 0 aliphatic heterocycles. The number of nitrogens with zero attached hydrogens (tertiary/aromatic N) is 2. The molecule has 1 heterocycles. The molecule has 1 atom stereocenters. The monoisotopic (exact) mass is 461 g/mol. The van der Waals surface area contributed by atoms with Crippen LogP contribution in [0.3, 0.4) is 0 Å². The molecule has 0 fully saturated rings. The van der Waals surface area contributed by atoms with Crippen LogP contribution in [0.5, 0.6) is 17.2 Å². The SMILES string of the molecule is C#CC(C)ON=C1c2cc(OCC)c(OCC)cc2-c2[nH]c3ccc(OCCN(C)C)cc3c21. The van der Waals surface area contributed by atoms with Crippen LogP contribution in [0.4, 0.5) is 0 Å². The van der Waals surface area contributed by atoms with Crippen LogP contribution in [-0.2, 0) is 4.84 Å². The smallest absolute Gasteiger partial charge is 0.184 e. The van der Waals surface area contributed by atoms with Crippen molar-refractivity contribution in [1.29, 1.82) is 0 Å². The molecule has 3 aromatic rings. The molecule has 0 radical (unpaired) electrons. The number of aromatic nitrogens is 1. The number of hydrogen-bond donors (Lipinski definition) is 1. The number of hydrogen-bond acceptors (Lipinski definition) is 6. The summed E-state index contributed by atoms with van der Waals surface area (Å²) in [6.45, 7) is 8.19. The largest absolute Gasteiger partial charge is 0.492 e. The third-order valence-electron chi connectivity index (χ3n) is 5.56. The highest BCUT2D eigenvalue weighted by Crippen LogP contribution is 2.46. The second kappa shape index (κ2) is 10.1. The van der Waals surface area contributed by atoms with Crippen LogP contribution in [0.1, 0.15) is 31.9 Å². The fourth-order valence-electron chi connectivity index (χ4n) is 3.95. The van der Waals surface area contributed by atoms with Gasteiger partial charge in [0.1, 0.15) is 18.1 Å². The number of aromatic amines is 1. The van der Waals surface area contributed by atoms with Crippen molar-refractivity contribution in [1.82, 2.24) is 9.88 Å². The van der Waals surface area contributed by atoms with Gasteiger partial charge in [0.25, 0.3) is 0 Å². The van der Waals surface area contributed by atoms with E-state index in [0.29, 0.717) is 37.0 Å². The lowest BCUT2D eigenvalue weighted by Gasteiger charge is -2.14. The highest BCUT2D eigenvalue weighted by molar-refractivity contribution is 6.30. The van der Waals surface area contributed by atoms with Crippen molar-refractivity contribution >= 4 is 16.6 Å². The van der Waals surface area contributed by atoms with Crippen LogP contribution in [0.2, 0.25) is 0 Å². The predicted molar refractivity (Wildman–Crippen MR) is 135 cm³/mol. The lowest BCUT2D eigenvalue weighted by atomic mass is 10.1. The average Bonchev–Trinajstić information content (AvgIpc) is 3.32. The van der Waals surface area contributed by atoms with E-state index in [0.717, 1.165) is 45.6 Å². The Morgan fingerprint density at radius 3 is 2.38 bits per heavy atom. The molecule has 1 aliphatic carbocycles. The van der Waals surface area contributed by atoms with Crippen LogP contribution < -0.4 is 14.2 Å². The summed E-state index contributed by atoms with van der Waals surface area (Å²) >= 11 is 0. The first-order chi connectivity index (χ1) is 16.5. The van der Waals surface area contributed by atoms with Gasteiger partial charge in [0.15, 0.2) is 17.6 Å². The van der Waals surface area contributed by atoms with E-state index < -0.39 is 6.10 Å². The van der Waals surface area contributed by atoms with E-state index in [1.165, 1.54) is 0 Å². The van der Waals surface area contributed by atoms with Crippen molar-refractivity contribution in [2.24, 2.45) is 5.16 Å². The number of H-pyrrole nitrogens is 1. The summed E-state index contributed by atoms with van der Waals surface area (Å²) in [7, 11) is 4.05. The third-order valence-corrected chi connectivity index (χ3v) is 5.56. The molecule has 7 nitrogen and oxygen atoms in total. The highest BCUT2D eigenvalue weighted by atomic mass is 16.6. The number of oxime groups is 1. The van der Waals surface area contributed by atoms with E-state index in [-0.39, 0.29) is 0 Å². The first-order valence-corrected chi connectivity index (χ1v) is 11.5. The number of terminal acetylenes is 1. The lowest BCUT2D eigenvalue weighted by molar-refractivity contribution is 0.113. The molecule has 1 aromatic heterocycles. The van der Waals surface area contributed by atoms with Gasteiger partial charge in [-0.25, -0.2) is 0 Å². The Balaban J connectivity index is 1.85. The Kier molecular flexibility index (Phi) is 6.99. The van der Waals surface area contributed by atoms with Gasteiger partial charge in [0, 0.05) is 34.1 Å². The molecule has 2 aromatic carbocycles. The minimum Gasteiger partial charge on any atom is -0.492 e. The van der Waals surface area contributed by atoms with Gasteiger partial charge in [-0.15, -0.1) is 6.42 Å². The minimum absolute atomic E-state index is 0.454. The lowest BCUT2D eigenvalue weighted by Crippen LogP contribution is -2.19. The second-order valence-corrected chi connectivity index (χ2v) is 8.30. The molecule has 0 saturated heterocycles. The summed E-state index contributed by atoms with van der Waals surface area (Å²) in [6.07, 6.45) is 5.06. The quantitative estimate of drug-likeness (QED) is 0.274. The summed E-state index contributed by atoms with van der Waals surface area (Å²) < 4.78 is 17.7. The van der Waals surface area contributed by atoms with Crippen molar-refractivity contribution in [2.75, 3.05) is 40.5 Å². The molecule has 7 heteroatoms. The molecular weight excluding hydrogens is 430 g/mol. The summed E-state index contributed by atoms with van der Waals surface area (Å²) in [5.74, 6) is 4.72. The predicted octanol–water partition coefficient (Wildman–Crippen LogP) is 4.68. The average molecular weight is 462 g/mol. The van der Waals surface area contributed by atoms with Crippen molar-refractivity contribution in [3.63, 3.8) is 0 Å². The number of rotatable bonds is 10. The molecule has 1 aliphatic rings. The van der Waals surface area contributed by atoms with Crippen LogP contribution in [0.25, 0.3) is 22.2 Å². The summed E-state index contributed by atoms with van der Waals surface area (Å²) in [5, 5.41) is 5.50. The molecule has 34 heavy (non-hydrogen) atoms. The van der Waals surface area contributed by atoms with Crippen molar-refractivity contribution in [2.45, 2.75) is 26.9 Å². The third kappa shape index (κ3) is 4.55. The van der Waals surface area contributed by atoms with Gasteiger partial charge >= 0.3 is 0 Å². The maximum Gasteiger partial charge on any atom is 0.184 e. The van der Waals surface area contributed by atoms with Gasteiger partial charge in [-0.05, 0) is 65.2 Å². The fraction of sp³-hybridized carbons (Fsp3) is 0.370. The van der Waals surface area contributed by atoms with Crippen molar-refractivity contribution in [3.8, 4) is 40.8 Å². The number of likely N-dealkylation sites (N-methyl/N-ethyl adjacent to an activating group) is 1. The summed E-state index contributed by atoms with van der Waals surface area (Å²) in [6, 6.07) is 10.0. The zero-order valence-electron chi connectivity index (χ0n) is 20.4. The zero-order chi connectivity index (χ0) is 24.2. The molecule has 0 amide bonds. The molecule has 4 rings (SSSR count). The fourth-order valence-corrected chi connectivity index (χ4v) is 3.95. The molecule has 1 N–H and O–H groups in total. The number of ether oxygens (including phenoxy) is 3. The topological polar surface area (TPSA) is 68.3 Å².